The molecule has 4 aliphatic rings. The minimum Gasteiger partial charge on any atom is -0.493 e. The first kappa shape index (κ1) is 32.7. The summed E-state index contributed by atoms with van der Waals surface area (Å²) in [5, 5.41) is 0. The van der Waals surface area contributed by atoms with Gasteiger partial charge in [0.05, 0.1) is 19.3 Å². The highest BCUT2D eigenvalue weighted by Crippen LogP contribution is 2.65. The van der Waals surface area contributed by atoms with Crippen molar-refractivity contribution in [1.29, 1.82) is 0 Å². The van der Waals surface area contributed by atoms with Crippen LogP contribution in [0.2, 0.25) is 0 Å². The number of benzene rings is 3. The lowest BCUT2D eigenvalue weighted by Crippen LogP contribution is -2.70. The van der Waals surface area contributed by atoms with Crippen molar-refractivity contribution in [3.63, 3.8) is 0 Å². The van der Waals surface area contributed by atoms with Crippen LogP contribution in [0.15, 0.2) is 72.8 Å². The molecule has 0 radical (unpaired) electrons. The molecule has 0 N–H and O–H groups in total. The van der Waals surface area contributed by atoms with Crippen molar-refractivity contribution in [3.05, 3.63) is 89.5 Å². The molecule has 3 fully saturated rings. The lowest BCUT2D eigenvalue weighted by atomic mass is 9.47. The van der Waals surface area contributed by atoms with E-state index in [1.165, 1.54) is 36.1 Å². The molecule has 2 saturated heterocycles. The third-order valence-corrected chi connectivity index (χ3v) is 12.8. The molecule has 7 atom stereocenters. The number of nitrogens with zero attached hydrogens (tertiary/aromatic N) is 2. The van der Waals surface area contributed by atoms with E-state index in [4.69, 9.17) is 14.2 Å². The van der Waals surface area contributed by atoms with E-state index >= 15 is 0 Å². The molecule has 4 bridgehead atoms. The summed E-state index contributed by atoms with van der Waals surface area (Å²) in [5.41, 5.74) is 3.48. The first-order valence-electron chi connectivity index (χ1n) is 18.4. The van der Waals surface area contributed by atoms with Crippen molar-refractivity contribution in [1.82, 2.24) is 9.80 Å². The number of hydrogen-bond acceptors (Lipinski definition) is 5. The van der Waals surface area contributed by atoms with Crippen molar-refractivity contribution in [2.24, 2.45) is 23.7 Å². The van der Waals surface area contributed by atoms with Crippen LogP contribution in [0.1, 0.15) is 76.5 Å². The number of rotatable bonds is 12. The highest BCUT2D eigenvalue weighted by Gasteiger charge is 2.69. The van der Waals surface area contributed by atoms with Gasteiger partial charge in [-0.05, 0) is 93.2 Å². The Morgan fingerprint density at radius 1 is 1.00 bits per heavy atom. The third-order valence-electron chi connectivity index (χ3n) is 12.8. The van der Waals surface area contributed by atoms with Crippen LogP contribution >= 0.6 is 0 Å². The topological polar surface area (TPSA) is 34.2 Å². The van der Waals surface area contributed by atoms with Gasteiger partial charge in [0.2, 0.25) is 0 Å². The normalized spacial score (nSPS) is 30.8. The van der Waals surface area contributed by atoms with E-state index in [0.717, 1.165) is 68.5 Å². The molecule has 5 heteroatoms. The average Bonchev–Trinajstić information content (AvgIpc) is 3.91. The number of fused-ring (bicyclic) bond motifs is 1. The molecule has 2 aliphatic heterocycles. The predicted octanol–water partition coefficient (Wildman–Crippen LogP) is 8.74. The number of methoxy groups -OCH3 is 1. The van der Waals surface area contributed by atoms with E-state index in [1.54, 1.807) is 7.11 Å². The molecule has 7 unspecified atom stereocenters. The minimum absolute atomic E-state index is 0.279. The molecule has 5 nitrogen and oxygen atoms in total. The zero-order valence-corrected chi connectivity index (χ0v) is 29.6. The second-order valence-electron chi connectivity index (χ2n) is 15.3. The largest absolute Gasteiger partial charge is 0.493 e. The van der Waals surface area contributed by atoms with E-state index in [-0.39, 0.29) is 11.0 Å². The highest BCUT2D eigenvalue weighted by molar-refractivity contribution is 5.59. The Labute approximate surface area is 283 Å². The van der Waals surface area contributed by atoms with Crippen LogP contribution in [0.5, 0.6) is 17.2 Å². The van der Waals surface area contributed by atoms with Crippen LogP contribution in [0.25, 0.3) is 0 Å². The van der Waals surface area contributed by atoms with Crippen molar-refractivity contribution in [2.75, 3.05) is 33.9 Å². The Morgan fingerprint density at radius 2 is 1.72 bits per heavy atom. The first-order valence-corrected chi connectivity index (χ1v) is 18.4. The minimum atomic E-state index is -0.358. The van der Waals surface area contributed by atoms with Crippen LogP contribution in [0, 0.1) is 23.7 Å². The number of hydrogen-bond donors (Lipinski definition) is 0. The first-order chi connectivity index (χ1) is 22.8. The molecule has 1 saturated carbocycles. The third kappa shape index (κ3) is 5.60. The van der Waals surface area contributed by atoms with Crippen molar-refractivity contribution < 1.29 is 14.2 Å². The average molecular weight is 637 g/mol. The molecule has 0 amide bonds. The quantitative estimate of drug-likeness (QED) is 0.199. The lowest BCUT2D eigenvalue weighted by molar-refractivity contribution is -0.216. The summed E-state index contributed by atoms with van der Waals surface area (Å²) in [4.78, 5) is 5.50. The molecule has 252 valence electrons. The van der Waals surface area contributed by atoms with Crippen LogP contribution in [-0.4, -0.2) is 61.3 Å². The molecular weight excluding hydrogens is 580 g/mol. The molecule has 47 heavy (non-hydrogen) atoms. The maximum absolute atomic E-state index is 7.61. The SMILES string of the molecule is CCCC(C1COC2(CC)C(C)N(CC3CC3)CC3Cc4ccc(OC)c(Oc5ccccc5)c4C2(C)C31)N(C)Cc1ccccc1. The molecule has 2 aliphatic carbocycles. The van der Waals surface area contributed by atoms with Gasteiger partial charge in [-0.3, -0.25) is 9.80 Å². The summed E-state index contributed by atoms with van der Waals surface area (Å²) in [6.45, 7) is 13.9. The summed E-state index contributed by atoms with van der Waals surface area (Å²) >= 11 is 0. The molecule has 3 aromatic rings. The van der Waals surface area contributed by atoms with Gasteiger partial charge in [0.1, 0.15) is 5.75 Å². The van der Waals surface area contributed by atoms with E-state index < -0.39 is 0 Å². The number of para-hydroxylation sites is 1. The van der Waals surface area contributed by atoms with Crippen molar-refractivity contribution in [2.45, 2.75) is 95.9 Å². The predicted molar refractivity (Wildman–Crippen MR) is 190 cm³/mol. The zero-order chi connectivity index (χ0) is 32.8. The second kappa shape index (κ2) is 13.2. The highest BCUT2D eigenvalue weighted by atomic mass is 16.5. The smallest absolute Gasteiger partial charge is 0.173 e. The van der Waals surface area contributed by atoms with Crippen LogP contribution in [-0.2, 0) is 23.1 Å². The fraction of sp³-hybridized carbons (Fsp3) is 0.571. The van der Waals surface area contributed by atoms with Gasteiger partial charge in [0, 0.05) is 48.6 Å². The van der Waals surface area contributed by atoms with Gasteiger partial charge >= 0.3 is 0 Å². The van der Waals surface area contributed by atoms with E-state index in [2.05, 4.69) is 111 Å². The lowest BCUT2D eigenvalue weighted by Gasteiger charge is -2.64. The molecule has 0 aromatic heterocycles. The molecule has 7 rings (SSSR count). The van der Waals surface area contributed by atoms with Crippen LogP contribution in [0.4, 0.5) is 0 Å². The van der Waals surface area contributed by atoms with E-state index in [1.807, 2.05) is 6.07 Å². The maximum atomic E-state index is 7.61. The zero-order valence-electron chi connectivity index (χ0n) is 29.6. The fourth-order valence-electron chi connectivity index (χ4n) is 10.5. The van der Waals surface area contributed by atoms with Crippen LogP contribution in [0.3, 0.4) is 0 Å². The fourth-order valence-corrected chi connectivity index (χ4v) is 10.5. The van der Waals surface area contributed by atoms with Gasteiger partial charge in [-0.1, -0.05) is 81.8 Å². The Bertz CT molecular complexity index is 1510. The van der Waals surface area contributed by atoms with Gasteiger partial charge in [-0.2, -0.15) is 0 Å². The van der Waals surface area contributed by atoms with Gasteiger partial charge in [0.25, 0.3) is 0 Å². The van der Waals surface area contributed by atoms with Gasteiger partial charge in [-0.25, -0.2) is 0 Å². The van der Waals surface area contributed by atoms with Gasteiger partial charge < -0.3 is 14.2 Å². The summed E-state index contributed by atoms with van der Waals surface area (Å²) < 4.78 is 20.7. The maximum Gasteiger partial charge on any atom is 0.173 e. The molecule has 2 heterocycles. The molecular formula is C42H56N2O3. The summed E-state index contributed by atoms with van der Waals surface area (Å²) in [7, 11) is 4.14. The van der Waals surface area contributed by atoms with Gasteiger partial charge in [-0.15, -0.1) is 0 Å². The van der Waals surface area contributed by atoms with Crippen molar-refractivity contribution in [3.8, 4) is 17.2 Å². The van der Waals surface area contributed by atoms with Crippen LogP contribution < -0.4 is 9.47 Å². The van der Waals surface area contributed by atoms with Gasteiger partial charge in [0.15, 0.2) is 11.5 Å². The number of likely N-dealkylation sites (tertiary alicyclic amines) is 1. The van der Waals surface area contributed by atoms with E-state index in [9.17, 15) is 0 Å². The monoisotopic (exact) mass is 636 g/mol. The van der Waals surface area contributed by atoms with Crippen molar-refractivity contribution >= 4 is 0 Å². The Morgan fingerprint density at radius 3 is 2.38 bits per heavy atom. The summed E-state index contributed by atoms with van der Waals surface area (Å²) in [6.07, 6.45) is 7.08. The second-order valence-corrected chi connectivity index (χ2v) is 15.3. The Balaban J connectivity index is 1.41. The molecule has 3 aromatic carbocycles. The Hall–Kier alpha value is -2.86. The van der Waals surface area contributed by atoms with E-state index in [0.29, 0.717) is 29.8 Å². The standard InChI is InChI=1S/C42H56N2O3/c1-7-15-36(43(5)25-30-16-11-9-12-17-30)35-28-46-42(8-2)29(3)44(26-31-20-21-31)27-33-24-32-22-23-37(45-6)40(39(32)41(42,4)38(33)35)47-34-18-13-10-14-19-34/h9-14,16-19,22-23,29,31,33,35-36,38H,7-8,15,20-21,24-28H2,1-6H3. The Kier molecular flexibility index (Phi) is 9.19. The number of ether oxygens (including phenoxy) is 3. The summed E-state index contributed by atoms with van der Waals surface area (Å²) in [5.74, 6) is 4.76. The molecule has 0 spiro atoms. The summed E-state index contributed by atoms with van der Waals surface area (Å²) in [6, 6.07) is 26.5.